The van der Waals surface area contributed by atoms with E-state index in [1.54, 1.807) is 13.4 Å². The van der Waals surface area contributed by atoms with E-state index in [-0.39, 0.29) is 0 Å². The van der Waals surface area contributed by atoms with Gasteiger partial charge in [-0.25, -0.2) is 9.97 Å². The molecule has 3 heteroatoms. The van der Waals surface area contributed by atoms with E-state index >= 15 is 0 Å². The summed E-state index contributed by atoms with van der Waals surface area (Å²) in [5.41, 5.74) is 1.88. The summed E-state index contributed by atoms with van der Waals surface area (Å²) in [6.07, 6.45) is 1.58. The Kier molecular flexibility index (Phi) is 5.84. The highest BCUT2D eigenvalue weighted by molar-refractivity contribution is 5.32. The van der Waals surface area contributed by atoms with E-state index in [4.69, 9.17) is 4.74 Å². The highest BCUT2D eigenvalue weighted by Crippen LogP contribution is 2.25. The van der Waals surface area contributed by atoms with Crippen LogP contribution in [0.5, 0.6) is 5.75 Å². The van der Waals surface area contributed by atoms with Crippen molar-refractivity contribution in [1.82, 2.24) is 9.97 Å². The highest BCUT2D eigenvalue weighted by Gasteiger charge is 2.10. The first-order chi connectivity index (χ1) is 6.66. The zero-order valence-electron chi connectivity index (χ0n) is 9.96. The fraction of sp³-hybridized carbons (Fsp3) is 0.636. The van der Waals surface area contributed by atoms with E-state index in [0.29, 0.717) is 5.92 Å². The SMILES string of the molecule is CC.COc1c(C)ncnc1C(C)C. The van der Waals surface area contributed by atoms with Crippen LogP contribution < -0.4 is 4.74 Å². The molecular weight excluding hydrogens is 176 g/mol. The molecule has 14 heavy (non-hydrogen) atoms. The Morgan fingerprint density at radius 3 is 2.14 bits per heavy atom. The van der Waals surface area contributed by atoms with Crippen molar-refractivity contribution < 1.29 is 4.74 Å². The first-order valence-corrected chi connectivity index (χ1v) is 5.02. The molecule has 0 unspecified atom stereocenters. The van der Waals surface area contributed by atoms with E-state index in [1.165, 1.54) is 0 Å². The summed E-state index contributed by atoms with van der Waals surface area (Å²) in [5.74, 6) is 1.19. The van der Waals surface area contributed by atoms with E-state index < -0.39 is 0 Å². The molecule has 3 nitrogen and oxygen atoms in total. The smallest absolute Gasteiger partial charge is 0.161 e. The lowest BCUT2D eigenvalue weighted by Crippen LogP contribution is -2.01. The average molecular weight is 196 g/mol. The third-order valence-electron chi connectivity index (χ3n) is 1.76. The number of ether oxygens (including phenoxy) is 1. The largest absolute Gasteiger partial charge is 0.493 e. The summed E-state index contributed by atoms with van der Waals surface area (Å²) in [6, 6.07) is 0. The first-order valence-electron chi connectivity index (χ1n) is 5.02. The molecule has 0 N–H and O–H groups in total. The fourth-order valence-electron chi connectivity index (χ4n) is 1.14. The van der Waals surface area contributed by atoms with Gasteiger partial charge in [0.2, 0.25) is 0 Å². The predicted octanol–water partition coefficient (Wildman–Crippen LogP) is 2.94. The Balaban J connectivity index is 0.000000791. The van der Waals surface area contributed by atoms with Gasteiger partial charge in [-0.3, -0.25) is 0 Å². The molecule has 0 radical (unpaired) electrons. The van der Waals surface area contributed by atoms with Crippen LogP contribution in [0.25, 0.3) is 0 Å². The van der Waals surface area contributed by atoms with E-state index in [2.05, 4.69) is 23.8 Å². The first kappa shape index (κ1) is 12.9. The van der Waals surface area contributed by atoms with Crippen LogP contribution in [0.1, 0.15) is 45.0 Å². The number of rotatable bonds is 2. The normalized spacial score (nSPS) is 9.36. The minimum Gasteiger partial charge on any atom is -0.493 e. The minimum atomic E-state index is 0.377. The van der Waals surface area contributed by atoms with Gasteiger partial charge in [0.1, 0.15) is 6.33 Å². The Morgan fingerprint density at radius 2 is 1.79 bits per heavy atom. The summed E-state index contributed by atoms with van der Waals surface area (Å²) < 4.78 is 5.21. The van der Waals surface area contributed by atoms with Gasteiger partial charge in [0.15, 0.2) is 5.75 Å². The lowest BCUT2D eigenvalue weighted by atomic mass is 10.1. The minimum absolute atomic E-state index is 0.377. The van der Waals surface area contributed by atoms with Crippen molar-refractivity contribution in [2.45, 2.75) is 40.5 Å². The molecule has 1 aromatic rings. The molecule has 0 saturated carbocycles. The van der Waals surface area contributed by atoms with Gasteiger partial charge in [-0.1, -0.05) is 27.7 Å². The summed E-state index contributed by atoms with van der Waals surface area (Å²) in [4.78, 5) is 8.23. The van der Waals surface area contributed by atoms with Crippen LogP contribution in [-0.2, 0) is 0 Å². The Labute approximate surface area is 86.5 Å². The van der Waals surface area contributed by atoms with E-state index in [1.807, 2.05) is 20.8 Å². The molecule has 0 aliphatic carbocycles. The third-order valence-corrected chi connectivity index (χ3v) is 1.76. The molecule has 0 atom stereocenters. The van der Waals surface area contributed by atoms with Crippen LogP contribution in [0.2, 0.25) is 0 Å². The second kappa shape index (κ2) is 6.35. The molecule has 0 fully saturated rings. The van der Waals surface area contributed by atoms with Crippen molar-refractivity contribution in [2.75, 3.05) is 7.11 Å². The third kappa shape index (κ3) is 2.98. The van der Waals surface area contributed by atoms with Crippen molar-refractivity contribution in [1.29, 1.82) is 0 Å². The highest BCUT2D eigenvalue weighted by atomic mass is 16.5. The van der Waals surface area contributed by atoms with E-state index in [9.17, 15) is 0 Å². The Hall–Kier alpha value is -1.12. The van der Waals surface area contributed by atoms with Gasteiger partial charge in [0.05, 0.1) is 18.5 Å². The summed E-state index contributed by atoms with van der Waals surface area (Å²) >= 11 is 0. The van der Waals surface area contributed by atoms with Crippen molar-refractivity contribution in [3.05, 3.63) is 17.7 Å². The van der Waals surface area contributed by atoms with Gasteiger partial charge < -0.3 is 4.74 Å². The number of methoxy groups -OCH3 is 1. The van der Waals surface area contributed by atoms with Crippen LogP contribution in [0, 0.1) is 6.92 Å². The molecule has 0 spiro atoms. The Morgan fingerprint density at radius 1 is 1.21 bits per heavy atom. The average Bonchev–Trinajstić information content (AvgIpc) is 2.20. The zero-order chi connectivity index (χ0) is 11.1. The van der Waals surface area contributed by atoms with Crippen LogP contribution in [0.3, 0.4) is 0 Å². The van der Waals surface area contributed by atoms with Crippen LogP contribution in [0.15, 0.2) is 6.33 Å². The van der Waals surface area contributed by atoms with Crippen LogP contribution >= 0.6 is 0 Å². The fourth-order valence-corrected chi connectivity index (χ4v) is 1.14. The van der Waals surface area contributed by atoms with Crippen molar-refractivity contribution >= 4 is 0 Å². The van der Waals surface area contributed by atoms with Crippen molar-refractivity contribution in [2.24, 2.45) is 0 Å². The molecule has 80 valence electrons. The molecule has 0 aliphatic rings. The maximum Gasteiger partial charge on any atom is 0.161 e. The quantitative estimate of drug-likeness (QED) is 0.729. The second-order valence-electron chi connectivity index (χ2n) is 3.03. The van der Waals surface area contributed by atoms with Crippen molar-refractivity contribution in [3.63, 3.8) is 0 Å². The van der Waals surface area contributed by atoms with Crippen molar-refractivity contribution in [3.8, 4) is 5.75 Å². The summed E-state index contributed by atoms with van der Waals surface area (Å²) in [6.45, 7) is 10.1. The topological polar surface area (TPSA) is 35.0 Å². The van der Waals surface area contributed by atoms with Gasteiger partial charge in [-0.2, -0.15) is 0 Å². The summed E-state index contributed by atoms with van der Waals surface area (Å²) in [5, 5.41) is 0. The molecule has 0 bridgehead atoms. The van der Waals surface area contributed by atoms with Gasteiger partial charge in [-0.05, 0) is 12.8 Å². The molecule has 1 heterocycles. The van der Waals surface area contributed by atoms with Gasteiger partial charge >= 0.3 is 0 Å². The second-order valence-corrected chi connectivity index (χ2v) is 3.03. The number of aromatic nitrogens is 2. The van der Waals surface area contributed by atoms with E-state index in [0.717, 1.165) is 17.1 Å². The standard InChI is InChI=1S/C9H14N2O.C2H6/c1-6(2)8-9(12-4)7(3)10-5-11-8;1-2/h5-6H,1-4H3;1-2H3. The number of nitrogens with zero attached hydrogens (tertiary/aromatic N) is 2. The summed E-state index contributed by atoms with van der Waals surface area (Å²) in [7, 11) is 1.65. The molecule has 0 saturated heterocycles. The molecule has 1 rings (SSSR count). The Bertz CT molecular complexity index is 272. The van der Waals surface area contributed by atoms with Crippen LogP contribution in [0.4, 0.5) is 0 Å². The van der Waals surface area contributed by atoms with Gasteiger partial charge in [0.25, 0.3) is 0 Å². The van der Waals surface area contributed by atoms with Crippen LogP contribution in [-0.4, -0.2) is 17.1 Å². The molecule has 0 amide bonds. The van der Waals surface area contributed by atoms with Gasteiger partial charge in [0, 0.05) is 0 Å². The predicted molar refractivity (Wildman–Crippen MR) is 58.8 cm³/mol. The lowest BCUT2D eigenvalue weighted by Gasteiger charge is -2.11. The monoisotopic (exact) mass is 196 g/mol. The lowest BCUT2D eigenvalue weighted by molar-refractivity contribution is 0.398. The molecule has 1 aromatic heterocycles. The zero-order valence-corrected chi connectivity index (χ0v) is 9.96. The van der Waals surface area contributed by atoms with Gasteiger partial charge in [-0.15, -0.1) is 0 Å². The molecular formula is C11H20N2O. The molecule has 0 aromatic carbocycles. The number of aryl methyl sites for hydroxylation is 1. The molecule has 0 aliphatic heterocycles. The number of hydrogen-bond donors (Lipinski definition) is 0. The number of hydrogen-bond acceptors (Lipinski definition) is 3. The maximum atomic E-state index is 5.21. The maximum absolute atomic E-state index is 5.21.